The summed E-state index contributed by atoms with van der Waals surface area (Å²) in [5, 5.41) is 0. The smallest absolute Gasteiger partial charge is 0.119 e. The fraction of sp³-hybridized carbons (Fsp3) is 0.125. The van der Waals surface area contributed by atoms with E-state index < -0.39 is 0 Å². The minimum Gasteiger partial charge on any atom is -0.497 e. The fourth-order valence-corrected chi connectivity index (χ4v) is 1.60. The molecule has 0 N–H and O–H groups in total. The first-order valence-corrected chi connectivity index (χ1v) is 5.79. The summed E-state index contributed by atoms with van der Waals surface area (Å²) in [6, 6.07) is 17.8. The van der Waals surface area contributed by atoms with Gasteiger partial charge in [-0.25, -0.2) is 0 Å². The van der Waals surface area contributed by atoms with Crippen molar-refractivity contribution in [2.75, 3.05) is 7.11 Å². The summed E-state index contributed by atoms with van der Waals surface area (Å²) in [4.78, 5) is 0. The molecule has 18 heavy (non-hydrogen) atoms. The topological polar surface area (TPSA) is 18.5 Å². The minimum absolute atomic E-state index is 0.575. The van der Waals surface area contributed by atoms with E-state index >= 15 is 0 Å². The van der Waals surface area contributed by atoms with Crippen molar-refractivity contribution in [3.63, 3.8) is 0 Å². The Balaban J connectivity index is 1.97. The van der Waals surface area contributed by atoms with Crippen molar-refractivity contribution in [3.05, 3.63) is 72.3 Å². The number of hydrogen-bond donors (Lipinski definition) is 0. The van der Waals surface area contributed by atoms with Gasteiger partial charge in [0.1, 0.15) is 18.1 Å². The molecule has 0 spiro atoms. The highest BCUT2D eigenvalue weighted by atomic mass is 16.5. The van der Waals surface area contributed by atoms with Gasteiger partial charge in [-0.3, -0.25) is 0 Å². The third-order valence-electron chi connectivity index (χ3n) is 2.67. The van der Waals surface area contributed by atoms with Crippen LogP contribution in [-0.2, 0) is 11.3 Å². The maximum absolute atomic E-state index is 5.69. The van der Waals surface area contributed by atoms with Crippen LogP contribution in [0.25, 0.3) is 5.76 Å². The SMILES string of the molecule is C=C(OC)c1ccc(OCc2ccccc2)cc1. The highest BCUT2D eigenvalue weighted by molar-refractivity contribution is 5.57. The van der Waals surface area contributed by atoms with E-state index in [-0.39, 0.29) is 0 Å². The first kappa shape index (κ1) is 12.2. The molecule has 0 bridgehead atoms. The maximum Gasteiger partial charge on any atom is 0.119 e. The van der Waals surface area contributed by atoms with Crippen LogP contribution in [0.15, 0.2) is 61.2 Å². The van der Waals surface area contributed by atoms with Crippen molar-refractivity contribution in [1.82, 2.24) is 0 Å². The molecule has 0 aliphatic rings. The van der Waals surface area contributed by atoms with Crippen LogP contribution < -0.4 is 4.74 Å². The highest BCUT2D eigenvalue weighted by Gasteiger charge is 1.99. The zero-order chi connectivity index (χ0) is 12.8. The number of methoxy groups -OCH3 is 1. The first-order valence-electron chi connectivity index (χ1n) is 5.79. The van der Waals surface area contributed by atoms with Crippen LogP contribution in [0.1, 0.15) is 11.1 Å². The lowest BCUT2D eigenvalue weighted by atomic mass is 10.2. The van der Waals surface area contributed by atoms with E-state index in [4.69, 9.17) is 9.47 Å². The Hall–Kier alpha value is -2.22. The predicted octanol–water partition coefficient (Wildman–Crippen LogP) is 3.88. The van der Waals surface area contributed by atoms with Gasteiger partial charge in [0.2, 0.25) is 0 Å². The molecule has 0 saturated carbocycles. The van der Waals surface area contributed by atoms with Crippen molar-refractivity contribution in [2.24, 2.45) is 0 Å². The van der Waals surface area contributed by atoms with Gasteiger partial charge in [-0.2, -0.15) is 0 Å². The zero-order valence-electron chi connectivity index (χ0n) is 10.4. The molecule has 2 rings (SSSR count). The lowest BCUT2D eigenvalue weighted by molar-refractivity contribution is 0.306. The average molecular weight is 240 g/mol. The molecule has 92 valence electrons. The second-order valence-corrected chi connectivity index (χ2v) is 3.93. The van der Waals surface area contributed by atoms with Gasteiger partial charge in [0.15, 0.2) is 0 Å². The number of benzene rings is 2. The molecule has 0 aliphatic heterocycles. The molecule has 2 nitrogen and oxygen atoms in total. The summed E-state index contributed by atoms with van der Waals surface area (Å²) in [5.74, 6) is 1.50. The largest absolute Gasteiger partial charge is 0.497 e. The van der Waals surface area contributed by atoms with Gasteiger partial charge in [0, 0.05) is 5.56 Å². The Morgan fingerprint density at radius 3 is 2.28 bits per heavy atom. The van der Waals surface area contributed by atoms with Crippen LogP contribution in [0, 0.1) is 0 Å². The summed E-state index contributed by atoms with van der Waals surface area (Å²) < 4.78 is 10.8. The molecule has 2 aromatic carbocycles. The lowest BCUT2D eigenvalue weighted by Gasteiger charge is -2.08. The molecular formula is C16H16O2. The number of rotatable bonds is 5. The molecule has 2 aromatic rings. The maximum atomic E-state index is 5.69. The monoisotopic (exact) mass is 240 g/mol. The highest BCUT2D eigenvalue weighted by Crippen LogP contribution is 2.18. The summed E-state index contributed by atoms with van der Waals surface area (Å²) >= 11 is 0. The number of ether oxygens (including phenoxy) is 2. The van der Waals surface area contributed by atoms with Gasteiger partial charge in [-0.1, -0.05) is 36.9 Å². The second-order valence-electron chi connectivity index (χ2n) is 3.93. The van der Waals surface area contributed by atoms with Crippen molar-refractivity contribution >= 4 is 5.76 Å². The second kappa shape index (κ2) is 5.92. The Labute approximate surface area is 107 Å². The van der Waals surface area contributed by atoms with Crippen LogP contribution in [0.4, 0.5) is 0 Å². The van der Waals surface area contributed by atoms with Gasteiger partial charge < -0.3 is 9.47 Å². The third-order valence-corrected chi connectivity index (χ3v) is 2.67. The van der Waals surface area contributed by atoms with E-state index in [0.29, 0.717) is 12.4 Å². The minimum atomic E-state index is 0.575. The molecule has 0 atom stereocenters. The van der Waals surface area contributed by atoms with E-state index in [1.807, 2.05) is 54.6 Å². The van der Waals surface area contributed by atoms with Crippen LogP contribution in [-0.4, -0.2) is 7.11 Å². The molecule has 0 saturated heterocycles. The summed E-state index contributed by atoms with van der Waals surface area (Å²) in [6.07, 6.45) is 0. The third kappa shape index (κ3) is 3.14. The fourth-order valence-electron chi connectivity index (χ4n) is 1.60. The van der Waals surface area contributed by atoms with Gasteiger partial charge in [-0.05, 0) is 29.8 Å². The average Bonchev–Trinajstić information content (AvgIpc) is 2.46. The van der Waals surface area contributed by atoms with Gasteiger partial charge >= 0.3 is 0 Å². The van der Waals surface area contributed by atoms with Gasteiger partial charge in [0.25, 0.3) is 0 Å². The van der Waals surface area contributed by atoms with Crippen LogP contribution in [0.5, 0.6) is 5.75 Å². The van der Waals surface area contributed by atoms with E-state index in [0.717, 1.165) is 16.9 Å². The Morgan fingerprint density at radius 1 is 1.00 bits per heavy atom. The molecule has 0 aromatic heterocycles. The predicted molar refractivity (Wildman–Crippen MR) is 73.3 cm³/mol. The zero-order valence-corrected chi connectivity index (χ0v) is 10.4. The molecule has 0 aliphatic carbocycles. The molecule has 0 radical (unpaired) electrons. The van der Waals surface area contributed by atoms with Crippen molar-refractivity contribution < 1.29 is 9.47 Å². The normalized spacial score (nSPS) is 9.83. The van der Waals surface area contributed by atoms with Gasteiger partial charge in [-0.15, -0.1) is 0 Å². The summed E-state index contributed by atoms with van der Waals surface area (Å²) in [5.41, 5.74) is 2.12. The molecule has 2 heteroatoms. The van der Waals surface area contributed by atoms with E-state index in [9.17, 15) is 0 Å². The Morgan fingerprint density at radius 2 is 1.67 bits per heavy atom. The van der Waals surface area contributed by atoms with E-state index in [1.165, 1.54) is 0 Å². The van der Waals surface area contributed by atoms with Crippen LogP contribution in [0.3, 0.4) is 0 Å². The first-order chi connectivity index (χ1) is 8.79. The van der Waals surface area contributed by atoms with E-state index in [2.05, 4.69) is 6.58 Å². The Kier molecular flexibility index (Phi) is 4.02. The van der Waals surface area contributed by atoms with Crippen molar-refractivity contribution in [3.8, 4) is 5.75 Å². The standard InChI is InChI=1S/C16H16O2/c1-13(17-2)15-8-10-16(11-9-15)18-12-14-6-4-3-5-7-14/h3-11H,1,12H2,2H3. The van der Waals surface area contributed by atoms with Gasteiger partial charge in [0.05, 0.1) is 7.11 Å². The molecule has 0 heterocycles. The molecule has 0 fully saturated rings. The molecule has 0 unspecified atom stereocenters. The summed E-state index contributed by atoms with van der Waals surface area (Å²) in [7, 11) is 1.61. The quantitative estimate of drug-likeness (QED) is 0.738. The molecule has 0 amide bonds. The molecular weight excluding hydrogens is 224 g/mol. The van der Waals surface area contributed by atoms with Crippen LogP contribution >= 0.6 is 0 Å². The number of hydrogen-bond acceptors (Lipinski definition) is 2. The van der Waals surface area contributed by atoms with Crippen molar-refractivity contribution in [2.45, 2.75) is 6.61 Å². The van der Waals surface area contributed by atoms with Crippen molar-refractivity contribution in [1.29, 1.82) is 0 Å². The van der Waals surface area contributed by atoms with E-state index in [1.54, 1.807) is 7.11 Å². The lowest BCUT2D eigenvalue weighted by Crippen LogP contribution is -1.95. The summed E-state index contributed by atoms with van der Waals surface area (Å²) in [6.45, 7) is 4.38. The van der Waals surface area contributed by atoms with Crippen LogP contribution in [0.2, 0.25) is 0 Å². The Bertz CT molecular complexity index is 500.